The van der Waals surface area contributed by atoms with E-state index in [2.05, 4.69) is 10.4 Å². The van der Waals surface area contributed by atoms with Gasteiger partial charge in [0.15, 0.2) is 0 Å². The monoisotopic (exact) mass is 454 g/mol. The van der Waals surface area contributed by atoms with E-state index in [0.29, 0.717) is 25.3 Å². The normalized spacial score (nSPS) is 21.5. The molecular weight excluding hydrogens is 424 g/mol. The molecule has 3 unspecified atom stereocenters. The Morgan fingerprint density at radius 2 is 1.78 bits per heavy atom. The lowest BCUT2D eigenvalue weighted by atomic mass is 9.81. The molecule has 3 atom stereocenters. The molecule has 2 aliphatic rings. The third kappa shape index (κ3) is 4.90. The van der Waals surface area contributed by atoms with Gasteiger partial charge in [-0.3, -0.25) is 24.0 Å². The van der Waals surface area contributed by atoms with E-state index >= 15 is 0 Å². The summed E-state index contributed by atoms with van der Waals surface area (Å²) in [5, 5.41) is 7.17. The maximum atomic E-state index is 13.1. The lowest BCUT2D eigenvalue weighted by molar-refractivity contribution is -0.148. The van der Waals surface area contributed by atoms with Crippen LogP contribution in [0.5, 0.6) is 0 Å². The predicted molar refractivity (Wildman–Crippen MR) is 124 cm³/mol. The minimum atomic E-state index is -0.730. The smallest absolute Gasteiger partial charge is 0.243 e. The predicted octanol–water partition coefficient (Wildman–Crippen LogP) is 2.84. The SMILES string of the molecule is CSCCC(C(=O)NCc1ccc(Cn2cccn2)cc1)N1C(=O)C2CCCCC2C1=O. The maximum absolute atomic E-state index is 13.1. The molecule has 8 heteroatoms. The average molecular weight is 455 g/mol. The van der Waals surface area contributed by atoms with Crippen molar-refractivity contribution in [2.24, 2.45) is 11.8 Å². The van der Waals surface area contributed by atoms with Gasteiger partial charge in [-0.2, -0.15) is 16.9 Å². The number of benzene rings is 1. The van der Waals surface area contributed by atoms with E-state index in [0.717, 1.165) is 36.8 Å². The molecule has 4 rings (SSSR count). The van der Waals surface area contributed by atoms with Crippen LogP contribution in [0.3, 0.4) is 0 Å². The summed E-state index contributed by atoms with van der Waals surface area (Å²) in [6.07, 6.45) is 9.58. The quantitative estimate of drug-likeness (QED) is 0.589. The fourth-order valence-corrected chi connectivity index (χ4v) is 5.21. The summed E-state index contributed by atoms with van der Waals surface area (Å²) < 4.78 is 1.86. The number of carbonyl (C=O) groups is 3. The number of fused-ring (bicyclic) bond motifs is 1. The molecular formula is C24H30N4O3S. The van der Waals surface area contributed by atoms with Crippen LogP contribution in [0.4, 0.5) is 0 Å². The zero-order valence-corrected chi connectivity index (χ0v) is 19.2. The number of nitrogens with zero attached hydrogens (tertiary/aromatic N) is 3. The second-order valence-corrected chi connectivity index (χ2v) is 9.56. The number of carbonyl (C=O) groups excluding carboxylic acids is 3. The lowest BCUT2D eigenvalue weighted by Crippen LogP contribution is -2.50. The fraction of sp³-hybridized carbons (Fsp3) is 0.500. The minimum Gasteiger partial charge on any atom is -0.350 e. The van der Waals surface area contributed by atoms with Crippen molar-refractivity contribution >= 4 is 29.5 Å². The van der Waals surface area contributed by atoms with Gasteiger partial charge in [0, 0.05) is 18.9 Å². The van der Waals surface area contributed by atoms with Gasteiger partial charge in [-0.15, -0.1) is 0 Å². The highest BCUT2D eigenvalue weighted by Gasteiger charge is 2.51. The average Bonchev–Trinajstić information content (AvgIpc) is 3.41. The van der Waals surface area contributed by atoms with E-state index in [1.807, 2.05) is 47.5 Å². The number of nitrogens with one attached hydrogen (secondary N) is 1. The van der Waals surface area contributed by atoms with Crippen LogP contribution in [0.1, 0.15) is 43.2 Å². The van der Waals surface area contributed by atoms with Gasteiger partial charge in [0.25, 0.3) is 0 Å². The van der Waals surface area contributed by atoms with Crippen LogP contribution < -0.4 is 5.32 Å². The third-order valence-electron chi connectivity index (χ3n) is 6.48. The number of imide groups is 1. The Labute approximate surface area is 192 Å². The second-order valence-electron chi connectivity index (χ2n) is 8.58. The summed E-state index contributed by atoms with van der Waals surface area (Å²) in [4.78, 5) is 40.4. The molecule has 3 amide bonds. The molecule has 1 saturated heterocycles. The summed E-state index contributed by atoms with van der Waals surface area (Å²) >= 11 is 1.62. The van der Waals surface area contributed by atoms with Crippen molar-refractivity contribution in [2.45, 2.75) is 51.2 Å². The Morgan fingerprint density at radius 1 is 1.12 bits per heavy atom. The van der Waals surface area contributed by atoms with Crippen LogP contribution in [-0.4, -0.2) is 50.5 Å². The van der Waals surface area contributed by atoms with E-state index in [1.54, 1.807) is 18.0 Å². The van der Waals surface area contributed by atoms with E-state index in [9.17, 15) is 14.4 Å². The van der Waals surface area contributed by atoms with Crippen molar-refractivity contribution in [3.8, 4) is 0 Å². The van der Waals surface area contributed by atoms with Crippen molar-refractivity contribution in [2.75, 3.05) is 12.0 Å². The zero-order valence-electron chi connectivity index (χ0n) is 18.4. The molecule has 170 valence electrons. The molecule has 32 heavy (non-hydrogen) atoms. The summed E-state index contributed by atoms with van der Waals surface area (Å²) in [5.41, 5.74) is 2.09. The van der Waals surface area contributed by atoms with Crippen LogP contribution in [0.25, 0.3) is 0 Å². The van der Waals surface area contributed by atoms with Gasteiger partial charge in [0.1, 0.15) is 6.04 Å². The van der Waals surface area contributed by atoms with Crippen LogP contribution in [0.2, 0.25) is 0 Å². The molecule has 1 aliphatic heterocycles. The summed E-state index contributed by atoms with van der Waals surface area (Å²) in [6, 6.07) is 9.17. The van der Waals surface area contributed by atoms with Crippen molar-refractivity contribution in [1.29, 1.82) is 0 Å². The highest BCUT2D eigenvalue weighted by atomic mass is 32.2. The van der Waals surface area contributed by atoms with Crippen molar-refractivity contribution < 1.29 is 14.4 Å². The van der Waals surface area contributed by atoms with Gasteiger partial charge >= 0.3 is 0 Å². The van der Waals surface area contributed by atoms with E-state index in [4.69, 9.17) is 0 Å². The molecule has 0 bridgehead atoms. The summed E-state index contributed by atoms with van der Waals surface area (Å²) in [7, 11) is 0. The summed E-state index contributed by atoms with van der Waals surface area (Å²) in [5.74, 6) is -0.300. The Morgan fingerprint density at radius 3 is 2.38 bits per heavy atom. The molecule has 2 heterocycles. The largest absolute Gasteiger partial charge is 0.350 e. The van der Waals surface area contributed by atoms with E-state index in [1.165, 1.54) is 4.90 Å². The van der Waals surface area contributed by atoms with Crippen molar-refractivity contribution in [3.63, 3.8) is 0 Å². The topological polar surface area (TPSA) is 84.3 Å². The Hall–Kier alpha value is -2.61. The molecule has 0 radical (unpaired) electrons. The first-order valence-corrected chi connectivity index (χ1v) is 12.7. The first kappa shape index (κ1) is 22.6. The molecule has 1 aliphatic carbocycles. The Kier molecular flexibility index (Phi) is 7.29. The fourth-order valence-electron chi connectivity index (χ4n) is 4.75. The van der Waals surface area contributed by atoms with Crippen LogP contribution in [0.15, 0.2) is 42.7 Å². The highest BCUT2D eigenvalue weighted by molar-refractivity contribution is 7.98. The number of hydrogen-bond acceptors (Lipinski definition) is 5. The van der Waals surface area contributed by atoms with Gasteiger partial charge in [0.05, 0.1) is 18.4 Å². The number of aromatic nitrogens is 2. The maximum Gasteiger partial charge on any atom is 0.243 e. The Balaban J connectivity index is 1.40. The van der Waals surface area contributed by atoms with Crippen LogP contribution in [0, 0.1) is 11.8 Å². The van der Waals surface area contributed by atoms with Gasteiger partial charge in [-0.1, -0.05) is 37.1 Å². The molecule has 1 saturated carbocycles. The number of thioether (sulfide) groups is 1. The highest BCUT2D eigenvalue weighted by Crippen LogP contribution is 2.39. The standard InChI is InChI=1S/C24H30N4O3S/c1-32-14-11-21(28-23(30)19-5-2-3-6-20(19)24(28)31)22(29)25-15-17-7-9-18(10-8-17)16-27-13-4-12-26-27/h4,7-10,12-13,19-21H,2-3,5-6,11,14-16H2,1H3,(H,25,29). The Bertz CT molecular complexity index is 921. The van der Waals surface area contributed by atoms with E-state index in [-0.39, 0.29) is 29.6 Å². The van der Waals surface area contributed by atoms with Gasteiger partial charge in [-0.05, 0) is 48.5 Å². The van der Waals surface area contributed by atoms with Crippen molar-refractivity contribution in [1.82, 2.24) is 20.0 Å². The molecule has 1 aromatic carbocycles. The zero-order chi connectivity index (χ0) is 22.5. The van der Waals surface area contributed by atoms with Crippen LogP contribution >= 0.6 is 11.8 Å². The van der Waals surface area contributed by atoms with Gasteiger partial charge in [-0.25, -0.2) is 0 Å². The minimum absolute atomic E-state index is 0.149. The first-order chi connectivity index (χ1) is 15.6. The molecule has 2 fully saturated rings. The summed E-state index contributed by atoms with van der Waals surface area (Å²) in [6.45, 7) is 1.05. The number of likely N-dealkylation sites (tertiary alicyclic amines) is 1. The second kappa shape index (κ2) is 10.3. The lowest BCUT2D eigenvalue weighted by Gasteiger charge is -2.26. The first-order valence-electron chi connectivity index (χ1n) is 11.3. The molecule has 1 N–H and O–H groups in total. The molecule has 1 aromatic heterocycles. The molecule has 2 aromatic rings. The van der Waals surface area contributed by atoms with Crippen LogP contribution in [-0.2, 0) is 27.5 Å². The number of hydrogen-bond donors (Lipinski definition) is 1. The van der Waals surface area contributed by atoms with Gasteiger partial charge < -0.3 is 5.32 Å². The number of amides is 3. The number of rotatable bonds is 9. The molecule has 7 nitrogen and oxygen atoms in total. The third-order valence-corrected chi connectivity index (χ3v) is 7.12. The van der Waals surface area contributed by atoms with Gasteiger partial charge in [0.2, 0.25) is 17.7 Å². The molecule has 0 spiro atoms. The van der Waals surface area contributed by atoms with E-state index < -0.39 is 6.04 Å². The van der Waals surface area contributed by atoms with Crippen molar-refractivity contribution in [3.05, 3.63) is 53.9 Å².